The molecule has 4 heteroatoms. The van der Waals surface area contributed by atoms with Crippen LogP contribution in [0.5, 0.6) is 0 Å². The van der Waals surface area contributed by atoms with Gasteiger partial charge in [-0.2, -0.15) is 0 Å². The zero-order valence-electron chi connectivity index (χ0n) is 11.2. The molecular formula is C14H20N2O2. The molecule has 1 unspecified atom stereocenters. The maximum absolute atomic E-state index is 12.4. The Morgan fingerprint density at radius 3 is 2.78 bits per heavy atom. The van der Waals surface area contributed by atoms with E-state index in [0.29, 0.717) is 25.1 Å². The maximum Gasteiger partial charge on any atom is 0.256 e. The monoisotopic (exact) mass is 248 g/mol. The first-order valence-electron chi connectivity index (χ1n) is 6.23. The molecule has 1 aliphatic rings. The fourth-order valence-electron chi connectivity index (χ4n) is 2.34. The summed E-state index contributed by atoms with van der Waals surface area (Å²) in [5.74, 6) is -0.0131. The minimum atomic E-state index is -0.751. The van der Waals surface area contributed by atoms with Gasteiger partial charge in [0.05, 0.1) is 11.2 Å². The summed E-state index contributed by atoms with van der Waals surface area (Å²) in [5, 5.41) is 13.0. The Morgan fingerprint density at radius 2 is 2.22 bits per heavy atom. The molecule has 0 radical (unpaired) electrons. The van der Waals surface area contributed by atoms with Crippen molar-refractivity contribution in [1.82, 2.24) is 4.90 Å². The third kappa shape index (κ3) is 2.48. The van der Waals surface area contributed by atoms with Crippen molar-refractivity contribution in [3.8, 4) is 0 Å². The summed E-state index contributed by atoms with van der Waals surface area (Å²) >= 11 is 0. The van der Waals surface area contributed by atoms with Gasteiger partial charge in [-0.3, -0.25) is 4.79 Å². The van der Waals surface area contributed by atoms with Gasteiger partial charge >= 0.3 is 0 Å². The van der Waals surface area contributed by atoms with E-state index < -0.39 is 5.60 Å². The van der Waals surface area contributed by atoms with Crippen LogP contribution in [-0.2, 0) is 0 Å². The molecule has 4 nitrogen and oxygen atoms in total. The van der Waals surface area contributed by atoms with E-state index in [-0.39, 0.29) is 5.91 Å². The summed E-state index contributed by atoms with van der Waals surface area (Å²) in [4.78, 5) is 14.2. The van der Waals surface area contributed by atoms with Crippen molar-refractivity contribution in [2.75, 3.05) is 25.5 Å². The van der Waals surface area contributed by atoms with E-state index in [4.69, 9.17) is 0 Å². The van der Waals surface area contributed by atoms with Crippen LogP contribution >= 0.6 is 0 Å². The highest BCUT2D eigenvalue weighted by Gasteiger charge is 2.34. The van der Waals surface area contributed by atoms with Gasteiger partial charge in [0.2, 0.25) is 0 Å². The van der Waals surface area contributed by atoms with Gasteiger partial charge in [-0.1, -0.05) is 11.6 Å². The second kappa shape index (κ2) is 4.61. The number of anilines is 1. The van der Waals surface area contributed by atoms with E-state index in [2.05, 4.69) is 5.32 Å². The molecule has 1 saturated heterocycles. The number of aliphatic hydroxyl groups is 1. The number of hydrogen-bond donors (Lipinski definition) is 2. The molecule has 1 fully saturated rings. The van der Waals surface area contributed by atoms with Gasteiger partial charge < -0.3 is 15.3 Å². The molecule has 0 spiro atoms. The number of β-amino-alcohol motifs (C(OH)–C–C–N with tert-alkyl or cyclic N) is 1. The Hall–Kier alpha value is -1.55. The number of benzene rings is 1. The number of nitrogens with one attached hydrogen (secondary N) is 1. The third-order valence-corrected chi connectivity index (χ3v) is 3.41. The number of likely N-dealkylation sites (tertiary alicyclic amines) is 1. The lowest BCUT2D eigenvalue weighted by molar-refractivity contribution is 0.0572. The molecule has 1 heterocycles. The SMILES string of the molecule is CNc1ccc(C)cc1C(=O)N1CCC(C)(O)C1. The highest BCUT2D eigenvalue weighted by atomic mass is 16.3. The Bertz CT molecular complexity index is 469. The molecule has 2 N–H and O–H groups in total. The van der Waals surface area contributed by atoms with E-state index in [9.17, 15) is 9.90 Å². The summed E-state index contributed by atoms with van der Waals surface area (Å²) in [6.07, 6.45) is 0.638. The summed E-state index contributed by atoms with van der Waals surface area (Å²) in [6, 6.07) is 5.78. The molecule has 1 atom stereocenters. The molecule has 1 amide bonds. The Labute approximate surface area is 108 Å². The Kier molecular flexibility index (Phi) is 3.30. The minimum absolute atomic E-state index is 0.0131. The lowest BCUT2D eigenvalue weighted by atomic mass is 10.1. The molecule has 0 aliphatic carbocycles. The van der Waals surface area contributed by atoms with E-state index in [1.807, 2.05) is 32.2 Å². The van der Waals surface area contributed by atoms with Crippen molar-refractivity contribution >= 4 is 11.6 Å². The summed E-state index contributed by atoms with van der Waals surface area (Å²) in [7, 11) is 1.81. The number of carbonyl (C=O) groups excluding carboxylic acids is 1. The fraction of sp³-hybridized carbons (Fsp3) is 0.500. The minimum Gasteiger partial charge on any atom is -0.388 e. The second-order valence-corrected chi connectivity index (χ2v) is 5.27. The average molecular weight is 248 g/mol. The number of amides is 1. The van der Waals surface area contributed by atoms with Gasteiger partial charge in [0.15, 0.2) is 0 Å². The smallest absolute Gasteiger partial charge is 0.256 e. The lowest BCUT2D eigenvalue weighted by Crippen LogP contribution is -2.34. The van der Waals surface area contributed by atoms with Crippen LogP contribution in [0.3, 0.4) is 0 Å². The zero-order chi connectivity index (χ0) is 13.3. The molecule has 0 aromatic heterocycles. The highest BCUT2D eigenvalue weighted by Crippen LogP contribution is 2.25. The van der Waals surface area contributed by atoms with E-state index in [1.54, 1.807) is 11.8 Å². The normalized spacial score (nSPS) is 23.2. The van der Waals surface area contributed by atoms with E-state index >= 15 is 0 Å². The predicted molar refractivity (Wildman–Crippen MR) is 71.9 cm³/mol. The van der Waals surface area contributed by atoms with Crippen LogP contribution < -0.4 is 5.32 Å². The van der Waals surface area contributed by atoms with Crippen molar-refractivity contribution < 1.29 is 9.90 Å². The molecule has 0 saturated carbocycles. The summed E-state index contributed by atoms with van der Waals surface area (Å²) in [6.45, 7) is 4.76. The van der Waals surface area contributed by atoms with Crippen LogP contribution in [0, 0.1) is 6.92 Å². The topological polar surface area (TPSA) is 52.6 Å². The molecular weight excluding hydrogens is 228 g/mol. The third-order valence-electron chi connectivity index (χ3n) is 3.41. The van der Waals surface area contributed by atoms with E-state index in [0.717, 1.165) is 11.3 Å². The van der Waals surface area contributed by atoms with Crippen LogP contribution in [0.4, 0.5) is 5.69 Å². The molecule has 1 aromatic rings. The highest BCUT2D eigenvalue weighted by molar-refractivity contribution is 6.00. The number of rotatable bonds is 2. The van der Waals surface area contributed by atoms with Gasteiger partial charge in [-0.25, -0.2) is 0 Å². The largest absolute Gasteiger partial charge is 0.388 e. The molecule has 2 rings (SSSR count). The van der Waals surface area contributed by atoms with Crippen molar-refractivity contribution in [1.29, 1.82) is 0 Å². The first kappa shape index (κ1) is 12.9. The Morgan fingerprint density at radius 1 is 1.50 bits per heavy atom. The fourth-order valence-corrected chi connectivity index (χ4v) is 2.34. The van der Waals surface area contributed by atoms with Crippen LogP contribution in [-0.4, -0.2) is 41.7 Å². The van der Waals surface area contributed by atoms with Crippen molar-refractivity contribution in [3.05, 3.63) is 29.3 Å². The van der Waals surface area contributed by atoms with Crippen LogP contribution in [0.1, 0.15) is 29.3 Å². The number of carbonyl (C=O) groups is 1. The first-order valence-corrected chi connectivity index (χ1v) is 6.23. The lowest BCUT2D eigenvalue weighted by Gasteiger charge is -2.20. The second-order valence-electron chi connectivity index (χ2n) is 5.27. The first-order chi connectivity index (χ1) is 8.43. The zero-order valence-corrected chi connectivity index (χ0v) is 11.2. The summed E-state index contributed by atoms with van der Waals surface area (Å²) in [5.41, 5.74) is 1.81. The van der Waals surface area contributed by atoms with Crippen molar-refractivity contribution in [2.45, 2.75) is 25.9 Å². The van der Waals surface area contributed by atoms with Crippen LogP contribution in [0.25, 0.3) is 0 Å². The van der Waals surface area contributed by atoms with E-state index in [1.165, 1.54) is 0 Å². The molecule has 0 bridgehead atoms. The van der Waals surface area contributed by atoms with Crippen LogP contribution in [0.15, 0.2) is 18.2 Å². The molecule has 18 heavy (non-hydrogen) atoms. The average Bonchev–Trinajstić information content (AvgIpc) is 2.68. The van der Waals surface area contributed by atoms with Gasteiger partial charge in [0.25, 0.3) is 5.91 Å². The predicted octanol–water partition coefficient (Wildman–Crippen LogP) is 1.63. The van der Waals surface area contributed by atoms with Gasteiger partial charge in [0.1, 0.15) is 0 Å². The number of nitrogens with zero attached hydrogens (tertiary/aromatic N) is 1. The van der Waals surface area contributed by atoms with Gasteiger partial charge in [-0.05, 0) is 32.4 Å². The van der Waals surface area contributed by atoms with Crippen molar-refractivity contribution in [3.63, 3.8) is 0 Å². The standard InChI is InChI=1S/C14H20N2O2/c1-10-4-5-12(15-3)11(8-10)13(17)16-7-6-14(2,18)9-16/h4-5,8,15,18H,6-7,9H2,1-3H3. The van der Waals surface area contributed by atoms with Crippen LogP contribution in [0.2, 0.25) is 0 Å². The number of aryl methyl sites for hydroxylation is 1. The van der Waals surface area contributed by atoms with Crippen molar-refractivity contribution in [2.24, 2.45) is 0 Å². The number of hydrogen-bond acceptors (Lipinski definition) is 3. The molecule has 1 aliphatic heterocycles. The maximum atomic E-state index is 12.4. The van der Waals surface area contributed by atoms with Gasteiger partial charge in [0, 0.05) is 25.8 Å². The molecule has 1 aromatic carbocycles. The Balaban J connectivity index is 2.26. The quantitative estimate of drug-likeness (QED) is 0.836. The van der Waals surface area contributed by atoms with Gasteiger partial charge in [-0.15, -0.1) is 0 Å². The summed E-state index contributed by atoms with van der Waals surface area (Å²) < 4.78 is 0. The molecule has 98 valence electrons.